The molecule has 1 aliphatic carbocycles. The van der Waals surface area contributed by atoms with Gasteiger partial charge in [0.15, 0.2) is 0 Å². The van der Waals surface area contributed by atoms with E-state index in [2.05, 4.69) is 22.9 Å². The van der Waals surface area contributed by atoms with E-state index < -0.39 is 5.60 Å². The zero-order valence-corrected chi connectivity index (χ0v) is 10.3. The molecule has 1 nitrogen and oxygen atoms in total. The van der Waals surface area contributed by atoms with Gasteiger partial charge < -0.3 is 5.11 Å². The van der Waals surface area contributed by atoms with Gasteiger partial charge in [0.1, 0.15) is 0 Å². The summed E-state index contributed by atoms with van der Waals surface area (Å²) in [5, 5.41) is 11.0. The van der Waals surface area contributed by atoms with Gasteiger partial charge in [0.05, 0.1) is 5.60 Å². The molecule has 0 heterocycles. The quantitative estimate of drug-likeness (QED) is 0.872. The maximum absolute atomic E-state index is 10.3. The van der Waals surface area contributed by atoms with Crippen LogP contribution in [-0.2, 0) is 5.60 Å². The summed E-state index contributed by atoms with van der Waals surface area (Å²) in [6.07, 6.45) is 1.88. The molecule has 2 rings (SSSR count). The summed E-state index contributed by atoms with van der Waals surface area (Å²) < 4.78 is 0.906. The van der Waals surface area contributed by atoms with E-state index in [1.165, 1.54) is 0 Å². The third kappa shape index (κ3) is 1.60. The van der Waals surface area contributed by atoms with Crippen LogP contribution >= 0.6 is 27.5 Å². The van der Waals surface area contributed by atoms with Crippen LogP contribution in [0.5, 0.6) is 0 Å². The van der Waals surface area contributed by atoms with E-state index in [-0.39, 0.29) is 0 Å². The summed E-state index contributed by atoms with van der Waals surface area (Å²) in [5.41, 5.74) is 0.354. The van der Waals surface area contributed by atoms with Crippen molar-refractivity contribution < 1.29 is 5.11 Å². The van der Waals surface area contributed by atoms with Crippen molar-refractivity contribution in [1.82, 2.24) is 0 Å². The number of hydrogen-bond acceptors (Lipinski definition) is 1. The predicted octanol–water partition coefficient (Wildman–Crippen LogP) is 3.72. The van der Waals surface area contributed by atoms with Crippen molar-refractivity contribution in [2.45, 2.75) is 25.4 Å². The number of halogens is 2. The summed E-state index contributed by atoms with van der Waals surface area (Å²) in [6.45, 7) is 2.10. The summed E-state index contributed by atoms with van der Waals surface area (Å²) >= 11 is 9.28. The van der Waals surface area contributed by atoms with Crippen molar-refractivity contribution in [1.29, 1.82) is 0 Å². The molecule has 1 fully saturated rings. The van der Waals surface area contributed by atoms with Crippen molar-refractivity contribution in [3.8, 4) is 0 Å². The van der Waals surface area contributed by atoms with E-state index in [1.54, 1.807) is 0 Å². The van der Waals surface area contributed by atoms with E-state index in [1.807, 2.05) is 18.2 Å². The molecule has 0 saturated heterocycles. The van der Waals surface area contributed by atoms with Crippen molar-refractivity contribution >= 4 is 27.5 Å². The summed E-state index contributed by atoms with van der Waals surface area (Å²) in [6, 6.07) is 5.56. The summed E-state index contributed by atoms with van der Waals surface area (Å²) in [7, 11) is 0. The maximum Gasteiger partial charge on any atom is 0.0940 e. The molecule has 0 spiro atoms. The molecule has 1 N–H and O–H groups in total. The van der Waals surface area contributed by atoms with Crippen LogP contribution in [-0.4, -0.2) is 5.11 Å². The van der Waals surface area contributed by atoms with Crippen LogP contribution in [0.15, 0.2) is 22.7 Å². The van der Waals surface area contributed by atoms with Gasteiger partial charge in [-0.25, -0.2) is 0 Å². The zero-order valence-electron chi connectivity index (χ0n) is 7.93. The fourth-order valence-corrected chi connectivity index (χ4v) is 3.00. The van der Waals surface area contributed by atoms with Gasteiger partial charge in [0.25, 0.3) is 0 Å². The zero-order chi connectivity index (χ0) is 10.3. The molecule has 1 aromatic carbocycles. The molecule has 0 aliphatic heterocycles. The minimum Gasteiger partial charge on any atom is -0.385 e. The van der Waals surface area contributed by atoms with E-state index in [9.17, 15) is 5.11 Å². The molecule has 1 aromatic rings. The second-order valence-corrected chi connectivity index (χ2v) is 5.15. The Hall–Kier alpha value is -0.0500. The van der Waals surface area contributed by atoms with Crippen LogP contribution in [0.4, 0.5) is 0 Å². The number of hydrogen-bond donors (Lipinski definition) is 1. The van der Waals surface area contributed by atoms with Crippen LogP contribution in [0.1, 0.15) is 25.3 Å². The normalized spacial score (nSPS) is 30.4. The molecule has 1 aliphatic rings. The maximum atomic E-state index is 10.3. The Balaban J connectivity index is 2.34. The second-order valence-electron chi connectivity index (χ2n) is 3.86. The van der Waals surface area contributed by atoms with Crippen molar-refractivity contribution in [2.24, 2.45) is 5.92 Å². The molecule has 0 radical (unpaired) electrons. The average Bonchev–Trinajstić information content (AvgIpc) is 2.77. The van der Waals surface area contributed by atoms with Gasteiger partial charge in [-0.1, -0.05) is 46.9 Å². The molecule has 1 saturated carbocycles. The molecule has 2 atom stereocenters. The molecule has 2 unspecified atom stereocenters. The predicted molar refractivity (Wildman–Crippen MR) is 61.4 cm³/mol. The lowest BCUT2D eigenvalue weighted by atomic mass is 10.0. The number of benzene rings is 1. The summed E-state index contributed by atoms with van der Waals surface area (Å²) in [5.74, 6) is 0.403. The van der Waals surface area contributed by atoms with Crippen LogP contribution in [0.2, 0.25) is 5.02 Å². The van der Waals surface area contributed by atoms with E-state index in [0.717, 1.165) is 22.9 Å². The molecule has 14 heavy (non-hydrogen) atoms. The van der Waals surface area contributed by atoms with Crippen LogP contribution in [0.25, 0.3) is 0 Å². The largest absolute Gasteiger partial charge is 0.385 e. The lowest BCUT2D eigenvalue weighted by Crippen LogP contribution is -2.09. The third-order valence-electron chi connectivity index (χ3n) is 2.96. The molecule has 0 bridgehead atoms. The molecule has 0 aromatic heterocycles. The lowest BCUT2D eigenvalue weighted by molar-refractivity contribution is 0.129. The van der Waals surface area contributed by atoms with Gasteiger partial charge >= 0.3 is 0 Å². The van der Waals surface area contributed by atoms with Crippen molar-refractivity contribution in [3.63, 3.8) is 0 Å². The lowest BCUT2D eigenvalue weighted by Gasteiger charge is -2.12. The minimum atomic E-state index is -0.613. The number of aliphatic hydroxyl groups is 1. The van der Waals surface area contributed by atoms with Crippen LogP contribution in [0, 0.1) is 5.92 Å². The molecule has 3 heteroatoms. The second kappa shape index (κ2) is 3.51. The smallest absolute Gasteiger partial charge is 0.0940 e. The summed E-state index contributed by atoms with van der Waals surface area (Å²) in [4.78, 5) is 0. The van der Waals surface area contributed by atoms with Gasteiger partial charge in [0.2, 0.25) is 0 Å². The van der Waals surface area contributed by atoms with E-state index >= 15 is 0 Å². The van der Waals surface area contributed by atoms with Crippen LogP contribution < -0.4 is 0 Å². The third-order valence-corrected chi connectivity index (χ3v) is 3.85. The van der Waals surface area contributed by atoms with Crippen molar-refractivity contribution in [3.05, 3.63) is 33.3 Å². The average molecular weight is 276 g/mol. The first-order valence-corrected chi connectivity index (χ1v) is 5.93. The standard InChI is InChI=1S/C11H12BrClO/c1-2-7-6-11(7,14)9-4-3-8(13)5-10(9)12/h3-5,7,14H,2,6H2,1H3. The highest BCUT2D eigenvalue weighted by molar-refractivity contribution is 9.10. The van der Waals surface area contributed by atoms with Gasteiger partial charge in [-0.05, 0) is 30.0 Å². The highest BCUT2D eigenvalue weighted by Gasteiger charge is 2.53. The Morgan fingerprint density at radius 2 is 2.36 bits per heavy atom. The first-order valence-electron chi connectivity index (χ1n) is 4.76. The van der Waals surface area contributed by atoms with E-state index in [4.69, 9.17) is 11.6 Å². The Kier molecular flexibility index (Phi) is 2.63. The van der Waals surface area contributed by atoms with Gasteiger partial charge in [0, 0.05) is 9.50 Å². The molecular weight excluding hydrogens is 263 g/mol. The first kappa shape index (κ1) is 10.5. The van der Waals surface area contributed by atoms with Gasteiger partial charge in [-0.2, -0.15) is 0 Å². The fraction of sp³-hybridized carbons (Fsp3) is 0.455. The minimum absolute atomic E-state index is 0.403. The fourth-order valence-electron chi connectivity index (χ4n) is 1.97. The van der Waals surface area contributed by atoms with Gasteiger partial charge in [-0.3, -0.25) is 0 Å². The van der Waals surface area contributed by atoms with Crippen LogP contribution in [0.3, 0.4) is 0 Å². The first-order chi connectivity index (χ1) is 6.58. The monoisotopic (exact) mass is 274 g/mol. The Morgan fingerprint density at radius 3 is 2.86 bits per heavy atom. The Morgan fingerprint density at radius 1 is 1.64 bits per heavy atom. The topological polar surface area (TPSA) is 20.2 Å². The van der Waals surface area contributed by atoms with E-state index in [0.29, 0.717) is 10.9 Å². The Bertz CT molecular complexity index is 366. The molecule has 0 amide bonds. The Labute approximate surface area is 97.2 Å². The molecular formula is C11H12BrClO. The highest BCUT2D eigenvalue weighted by Crippen LogP contribution is 2.55. The highest BCUT2D eigenvalue weighted by atomic mass is 79.9. The molecule has 76 valence electrons. The number of rotatable bonds is 2. The SMILES string of the molecule is CCC1CC1(O)c1ccc(Cl)cc1Br. The van der Waals surface area contributed by atoms with Gasteiger partial charge in [-0.15, -0.1) is 0 Å². The van der Waals surface area contributed by atoms with Crippen molar-refractivity contribution in [2.75, 3.05) is 0 Å².